The summed E-state index contributed by atoms with van der Waals surface area (Å²) in [6.07, 6.45) is 1.65. The molecule has 31 heavy (non-hydrogen) atoms. The van der Waals surface area contributed by atoms with Gasteiger partial charge in [-0.25, -0.2) is 13.2 Å². The van der Waals surface area contributed by atoms with Gasteiger partial charge in [0.15, 0.2) is 9.84 Å². The quantitative estimate of drug-likeness (QED) is 0.737. The van der Waals surface area contributed by atoms with Crippen molar-refractivity contribution in [3.8, 4) is 5.75 Å². The summed E-state index contributed by atoms with van der Waals surface area (Å²) in [6, 6.07) is 15.0. The molecule has 2 atom stereocenters. The van der Waals surface area contributed by atoms with Crippen LogP contribution in [0, 0.1) is 6.92 Å². The summed E-state index contributed by atoms with van der Waals surface area (Å²) in [5, 5.41) is 5.86. The summed E-state index contributed by atoms with van der Waals surface area (Å²) in [5.41, 5.74) is 1.99. The van der Waals surface area contributed by atoms with Crippen LogP contribution in [0.3, 0.4) is 0 Å². The lowest BCUT2D eigenvalue weighted by Crippen LogP contribution is -2.50. The van der Waals surface area contributed by atoms with Crippen LogP contribution in [-0.4, -0.2) is 44.2 Å². The average Bonchev–Trinajstić information content (AvgIpc) is 3.02. The van der Waals surface area contributed by atoms with Crippen molar-refractivity contribution in [3.05, 3.63) is 59.7 Å². The van der Waals surface area contributed by atoms with E-state index in [1.54, 1.807) is 0 Å². The number of hydrogen-bond acceptors (Lipinski definition) is 5. The van der Waals surface area contributed by atoms with E-state index < -0.39 is 15.4 Å². The number of urea groups is 1. The van der Waals surface area contributed by atoms with Gasteiger partial charge in [-0.05, 0) is 49.4 Å². The maximum absolute atomic E-state index is 12.7. The first-order valence-corrected chi connectivity index (χ1v) is 12.3. The highest BCUT2D eigenvalue weighted by molar-refractivity contribution is 7.91. The molecule has 2 aromatic rings. The van der Waals surface area contributed by atoms with Gasteiger partial charge in [0.05, 0.1) is 22.8 Å². The van der Waals surface area contributed by atoms with Gasteiger partial charge >= 0.3 is 6.03 Å². The Labute approximate surface area is 183 Å². The Morgan fingerprint density at radius 3 is 2.77 bits per heavy atom. The molecule has 2 aliphatic heterocycles. The van der Waals surface area contributed by atoms with Crippen molar-refractivity contribution in [3.63, 3.8) is 0 Å². The number of carbonyl (C=O) groups is 1. The minimum Gasteiger partial charge on any atom is -0.487 e. The fraction of sp³-hybridized carbons (Fsp3) is 0.435. The van der Waals surface area contributed by atoms with Crippen LogP contribution in [0.25, 0.3) is 0 Å². The van der Waals surface area contributed by atoms with Gasteiger partial charge in [-0.1, -0.05) is 36.4 Å². The lowest BCUT2D eigenvalue weighted by Gasteiger charge is -2.37. The zero-order valence-electron chi connectivity index (χ0n) is 17.6. The molecule has 8 heteroatoms. The molecule has 2 aliphatic rings. The maximum atomic E-state index is 12.7. The smallest absolute Gasteiger partial charge is 0.319 e. The van der Waals surface area contributed by atoms with Gasteiger partial charge in [-0.3, -0.25) is 0 Å². The van der Waals surface area contributed by atoms with E-state index in [4.69, 9.17) is 9.47 Å². The molecule has 2 N–H and O–H groups in total. The number of carbonyl (C=O) groups excluding carboxylic acids is 1. The van der Waals surface area contributed by atoms with Gasteiger partial charge < -0.3 is 20.1 Å². The van der Waals surface area contributed by atoms with E-state index >= 15 is 0 Å². The van der Waals surface area contributed by atoms with E-state index in [9.17, 15) is 13.2 Å². The van der Waals surface area contributed by atoms with Crippen LogP contribution >= 0.6 is 0 Å². The van der Waals surface area contributed by atoms with Crippen LogP contribution < -0.4 is 15.4 Å². The third-order valence-corrected chi connectivity index (χ3v) is 7.59. The number of benzene rings is 2. The zero-order valence-corrected chi connectivity index (χ0v) is 18.4. The van der Waals surface area contributed by atoms with Gasteiger partial charge in [0.2, 0.25) is 0 Å². The maximum Gasteiger partial charge on any atom is 0.319 e. The van der Waals surface area contributed by atoms with E-state index in [-0.39, 0.29) is 23.6 Å². The van der Waals surface area contributed by atoms with E-state index in [0.717, 1.165) is 11.1 Å². The Bertz CT molecular complexity index is 1040. The number of rotatable bonds is 5. The summed E-state index contributed by atoms with van der Waals surface area (Å²) in [7, 11) is -3.06. The highest BCUT2D eigenvalue weighted by atomic mass is 32.2. The summed E-state index contributed by atoms with van der Waals surface area (Å²) in [5.74, 6) is 0.788. The fourth-order valence-electron chi connectivity index (χ4n) is 4.24. The number of amides is 2. The normalized spacial score (nSPS) is 24.6. The number of hydrogen-bond donors (Lipinski definition) is 2. The predicted molar refractivity (Wildman–Crippen MR) is 119 cm³/mol. The largest absolute Gasteiger partial charge is 0.487 e. The molecule has 2 saturated heterocycles. The molecule has 7 nitrogen and oxygen atoms in total. The van der Waals surface area contributed by atoms with Crippen LogP contribution in [0.4, 0.5) is 10.5 Å². The van der Waals surface area contributed by atoms with E-state index in [1.165, 1.54) is 0 Å². The predicted octanol–water partition coefficient (Wildman–Crippen LogP) is 3.43. The molecule has 2 aromatic carbocycles. The van der Waals surface area contributed by atoms with Crippen LogP contribution in [0.5, 0.6) is 5.75 Å². The van der Waals surface area contributed by atoms with Crippen molar-refractivity contribution in [2.24, 2.45) is 0 Å². The number of aryl methyl sites for hydroxylation is 1. The molecule has 0 radical (unpaired) electrons. The monoisotopic (exact) mass is 444 g/mol. The van der Waals surface area contributed by atoms with Gasteiger partial charge in [0.1, 0.15) is 12.4 Å². The van der Waals surface area contributed by atoms with Gasteiger partial charge in [0, 0.05) is 12.6 Å². The molecule has 1 spiro atoms. The van der Waals surface area contributed by atoms with Crippen molar-refractivity contribution in [1.29, 1.82) is 0 Å². The molecule has 0 unspecified atom stereocenters. The van der Waals surface area contributed by atoms with Gasteiger partial charge in [0.25, 0.3) is 0 Å². The molecule has 2 amide bonds. The fourth-order valence-corrected chi connectivity index (χ4v) is 6.22. The summed E-state index contributed by atoms with van der Waals surface area (Å²) in [6.45, 7) is 2.81. The highest BCUT2D eigenvalue weighted by Gasteiger charge is 2.46. The van der Waals surface area contributed by atoms with Crippen molar-refractivity contribution < 1.29 is 22.7 Å². The lowest BCUT2D eigenvalue weighted by atomic mass is 9.90. The summed E-state index contributed by atoms with van der Waals surface area (Å²) < 4.78 is 35.6. The molecule has 0 aliphatic carbocycles. The first kappa shape index (κ1) is 21.6. The molecule has 166 valence electrons. The Hall–Kier alpha value is -2.58. The van der Waals surface area contributed by atoms with Crippen molar-refractivity contribution in [1.82, 2.24) is 5.32 Å². The Morgan fingerprint density at radius 2 is 2.03 bits per heavy atom. The first-order chi connectivity index (χ1) is 14.8. The molecule has 2 fully saturated rings. The van der Waals surface area contributed by atoms with Gasteiger partial charge in [-0.2, -0.15) is 0 Å². The molecule has 4 rings (SSSR count). The molecule has 2 heterocycles. The van der Waals surface area contributed by atoms with E-state index in [1.807, 2.05) is 55.5 Å². The van der Waals surface area contributed by atoms with Crippen LogP contribution in [0.15, 0.2) is 48.5 Å². The van der Waals surface area contributed by atoms with Crippen molar-refractivity contribution >= 4 is 21.6 Å². The SMILES string of the molecule is Cc1ccc(NC(=O)N[C@H]2CCO[C@]3(CCS(=O)(=O)C3)C2)c(OCc2ccccc2)c1. The van der Waals surface area contributed by atoms with Gasteiger partial charge in [-0.15, -0.1) is 0 Å². The topological polar surface area (TPSA) is 93.7 Å². The number of ether oxygens (including phenoxy) is 2. The number of sulfone groups is 1. The summed E-state index contributed by atoms with van der Waals surface area (Å²) in [4.78, 5) is 12.7. The number of anilines is 1. The molecular formula is C23H28N2O5S. The van der Waals surface area contributed by atoms with Crippen LogP contribution in [0.2, 0.25) is 0 Å². The Morgan fingerprint density at radius 1 is 1.23 bits per heavy atom. The van der Waals surface area contributed by atoms with Crippen LogP contribution in [0.1, 0.15) is 30.4 Å². The molecule has 0 bridgehead atoms. The Kier molecular flexibility index (Phi) is 6.20. The third kappa shape index (κ3) is 5.57. The van der Waals surface area contributed by atoms with E-state index in [0.29, 0.717) is 43.9 Å². The first-order valence-electron chi connectivity index (χ1n) is 10.5. The molecule has 0 saturated carbocycles. The van der Waals surface area contributed by atoms with Crippen molar-refractivity contribution in [2.75, 3.05) is 23.4 Å². The second-order valence-electron chi connectivity index (χ2n) is 8.44. The average molecular weight is 445 g/mol. The van der Waals surface area contributed by atoms with E-state index in [2.05, 4.69) is 10.6 Å². The molecule has 0 aromatic heterocycles. The lowest BCUT2D eigenvalue weighted by molar-refractivity contribution is -0.0685. The highest BCUT2D eigenvalue weighted by Crippen LogP contribution is 2.35. The second-order valence-corrected chi connectivity index (χ2v) is 10.6. The third-order valence-electron chi connectivity index (χ3n) is 5.80. The minimum absolute atomic E-state index is 0.0369. The zero-order chi connectivity index (χ0) is 21.9. The van der Waals surface area contributed by atoms with Crippen molar-refractivity contribution in [2.45, 2.75) is 44.4 Å². The van der Waals surface area contributed by atoms with Crippen LogP contribution in [-0.2, 0) is 21.2 Å². The standard InChI is InChI=1S/C23H28N2O5S/c1-17-7-8-20(21(13-17)29-15-18-5-3-2-4-6-18)25-22(26)24-19-9-11-30-23(14-19)10-12-31(27,28)16-23/h2-8,13,19H,9-12,14-16H2,1H3,(H2,24,25,26)/t19-,23+/m0/s1. The molecular weight excluding hydrogens is 416 g/mol. The second kappa shape index (κ2) is 8.88. The summed E-state index contributed by atoms with van der Waals surface area (Å²) >= 11 is 0. The number of nitrogens with one attached hydrogen (secondary N) is 2. The Balaban J connectivity index is 1.38. The minimum atomic E-state index is -3.06.